The minimum atomic E-state index is 0.120. The first kappa shape index (κ1) is 16.0. The van der Waals surface area contributed by atoms with E-state index < -0.39 is 0 Å². The zero-order valence-corrected chi connectivity index (χ0v) is 14.4. The highest BCUT2D eigenvalue weighted by atomic mass is 32.2. The first-order chi connectivity index (χ1) is 11.3. The van der Waals surface area contributed by atoms with Crippen LogP contribution in [0, 0.1) is 0 Å². The quantitative estimate of drug-likeness (QED) is 0.447. The Morgan fingerprint density at radius 2 is 2.26 bits per heavy atom. The lowest BCUT2D eigenvalue weighted by atomic mass is 10.3. The van der Waals surface area contributed by atoms with E-state index in [0.717, 1.165) is 35.2 Å². The molecule has 3 rings (SSSR count). The van der Waals surface area contributed by atoms with Crippen LogP contribution in [0.1, 0.15) is 29.4 Å². The van der Waals surface area contributed by atoms with Gasteiger partial charge in [-0.15, -0.1) is 21.5 Å². The van der Waals surface area contributed by atoms with Crippen molar-refractivity contribution in [3.63, 3.8) is 0 Å². The Morgan fingerprint density at radius 1 is 1.35 bits per heavy atom. The number of aromatic nitrogens is 3. The highest BCUT2D eigenvalue weighted by molar-refractivity contribution is 7.99. The number of ketones is 1. The van der Waals surface area contributed by atoms with E-state index in [1.807, 2.05) is 34.2 Å². The molecule has 0 bridgehead atoms. The molecule has 0 saturated carbocycles. The Bertz CT molecular complexity index is 748. The summed E-state index contributed by atoms with van der Waals surface area (Å²) in [6.45, 7) is 2.96. The minimum absolute atomic E-state index is 0.120. The first-order valence-electron chi connectivity index (χ1n) is 7.46. The van der Waals surface area contributed by atoms with E-state index in [0.29, 0.717) is 11.5 Å². The number of carbonyl (C=O) groups is 1. The average molecular weight is 347 g/mol. The van der Waals surface area contributed by atoms with E-state index in [1.54, 1.807) is 6.26 Å². The summed E-state index contributed by atoms with van der Waals surface area (Å²) in [4.78, 5) is 12.9. The van der Waals surface area contributed by atoms with Crippen molar-refractivity contribution in [2.45, 2.75) is 31.5 Å². The molecule has 0 radical (unpaired) electrons. The molecule has 0 unspecified atom stereocenters. The standard InChI is InChI=1S/C16H17N3O2S2/c1-2-3-8-19-15(13-6-4-9-21-13)17-18-16(19)23-11-12(20)14-7-5-10-22-14/h4-7,9-10H,2-3,8,11H2,1H3. The number of carbonyl (C=O) groups excluding carboxylic acids is 1. The molecule has 0 aliphatic rings. The summed E-state index contributed by atoms with van der Waals surface area (Å²) in [6, 6.07) is 7.45. The molecule has 0 aromatic carbocycles. The van der Waals surface area contributed by atoms with Crippen molar-refractivity contribution in [3.05, 3.63) is 40.8 Å². The summed E-state index contributed by atoms with van der Waals surface area (Å²) in [5.74, 6) is 1.90. The Kier molecular flexibility index (Phi) is 5.30. The molecule has 0 atom stereocenters. The van der Waals surface area contributed by atoms with E-state index in [-0.39, 0.29) is 5.78 Å². The van der Waals surface area contributed by atoms with Crippen LogP contribution in [-0.4, -0.2) is 26.3 Å². The molecule has 23 heavy (non-hydrogen) atoms. The third-order valence-electron chi connectivity index (χ3n) is 3.32. The van der Waals surface area contributed by atoms with Gasteiger partial charge in [0.1, 0.15) is 0 Å². The average Bonchev–Trinajstić information content (AvgIpc) is 3.31. The van der Waals surface area contributed by atoms with Crippen LogP contribution in [-0.2, 0) is 6.54 Å². The monoisotopic (exact) mass is 347 g/mol. The smallest absolute Gasteiger partial charge is 0.200 e. The van der Waals surface area contributed by atoms with Crippen molar-refractivity contribution in [3.8, 4) is 11.6 Å². The number of rotatable bonds is 8. The molecule has 0 N–H and O–H groups in total. The molecule has 0 amide bonds. The van der Waals surface area contributed by atoms with Crippen LogP contribution in [0.25, 0.3) is 11.6 Å². The number of thiophene rings is 1. The van der Waals surface area contributed by atoms with Crippen molar-refractivity contribution in [2.75, 3.05) is 5.75 Å². The summed E-state index contributed by atoms with van der Waals surface area (Å²) in [5.41, 5.74) is 0. The van der Waals surface area contributed by atoms with Crippen molar-refractivity contribution in [1.82, 2.24) is 14.8 Å². The third-order valence-corrected chi connectivity index (χ3v) is 5.20. The predicted octanol–water partition coefficient (Wildman–Crippen LogP) is 4.37. The number of nitrogens with zero attached hydrogens (tertiary/aromatic N) is 3. The lowest BCUT2D eigenvalue weighted by molar-refractivity contribution is 0.102. The fourth-order valence-corrected chi connectivity index (χ4v) is 3.74. The van der Waals surface area contributed by atoms with Gasteiger partial charge in [0.05, 0.1) is 16.9 Å². The second-order valence-corrected chi connectivity index (χ2v) is 6.87. The third kappa shape index (κ3) is 3.73. The number of Topliss-reactive ketones (excluding diaryl/α,β-unsaturated/α-hetero) is 1. The van der Waals surface area contributed by atoms with E-state index in [9.17, 15) is 4.79 Å². The van der Waals surface area contributed by atoms with E-state index >= 15 is 0 Å². The molecule has 0 spiro atoms. The molecule has 3 heterocycles. The number of hydrogen-bond acceptors (Lipinski definition) is 6. The molecule has 5 nitrogen and oxygen atoms in total. The molecule has 0 fully saturated rings. The van der Waals surface area contributed by atoms with Gasteiger partial charge in [0, 0.05) is 6.54 Å². The molecular formula is C16H17N3O2S2. The van der Waals surface area contributed by atoms with E-state index in [1.165, 1.54) is 23.1 Å². The van der Waals surface area contributed by atoms with Crippen LogP contribution in [0.15, 0.2) is 45.5 Å². The number of hydrogen-bond donors (Lipinski definition) is 0. The van der Waals surface area contributed by atoms with Crippen LogP contribution in [0.3, 0.4) is 0 Å². The molecule has 120 valence electrons. The van der Waals surface area contributed by atoms with Crippen LogP contribution in [0.4, 0.5) is 0 Å². The van der Waals surface area contributed by atoms with Crippen LogP contribution >= 0.6 is 23.1 Å². The predicted molar refractivity (Wildman–Crippen MR) is 92.0 cm³/mol. The Balaban J connectivity index is 1.77. The zero-order chi connectivity index (χ0) is 16.1. The normalized spacial score (nSPS) is 11.0. The number of unbranched alkanes of at least 4 members (excludes halogenated alkanes) is 1. The van der Waals surface area contributed by atoms with Gasteiger partial charge in [0.2, 0.25) is 0 Å². The summed E-state index contributed by atoms with van der Waals surface area (Å²) in [7, 11) is 0. The first-order valence-corrected chi connectivity index (χ1v) is 9.32. The summed E-state index contributed by atoms with van der Waals surface area (Å²) in [5, 5.41) is 11.2. The molecule has 7 heteroatoms. The number of thioether (sulfide) groups is 1. The van der Waals surface area contributed by atoms with E-state index in [2.05, 4.69) is 17.1 Å². The fourth-order valence-electron chi connectivity index (χ4n) is 2.14. The van der Waals surface area contributed by atoms with Crippen LogP contribution in [0.5, 0.6) is 0 Å². The Morgan fingerprint density at radius 3 is 2.96 bits per heavy atom. The van der Waals surface area contributed by atoms with Gasteiger partial charge in [-0.05, 0) is 30.0 Å². The van der Waals surface area contributed by atoms with Gasteiger partial charge in [-0.3, -0.25) is 9.36 Å². The molecular weight excluding hydrogens is 330 g/mol. The molecule has 0 aliphatic carbocycles. The van der Waals surface area contributed by atoms with Gasteiger partial charge in [-0.2, -0.15) is 0 Å². The highest BCUT2D eigenvalue weighted by Crippen LogP contribution is 2.26. The van der Waals surface area contributed by atoms with Crippen molar-refractivity contribution >= 4 is 28.9 Å². The molecule has 0 aliphatic heterocycles. The highest BCUT2D eigenvalue weighted by Gasteiger charge is 2.17. The molecule has 3 aromatic heterocycles. The van der Waals surface area contributed by atoms with Gasteiger partial charge < -0.3 is 4.42 Å². The van der Waals surface area contributed by atoms with Gasteiger partial charge in [-0.1, -0.05) is 31.2 Å². The summed E-state index contributed by atoms with van der Waals surface area (Å²) >= 11 is 2.89. The Hall–Kier alpha value is -1.86. The lowest BCUT2D eigenvalue weighted by Gasteiger charge is -2.07. The second kappa shape index (κ2) is 7.61. The number of furan rings is 1. The molecule has 0 saturated heterocycles. The van der Waals surface area contributed by atoms with Gasteiger partial charge in [0.25, 0.3) is 0 Å². The largest absolute Gasteiger partial charge is 0.461 e. The van der Waals surface area contributed by atoms with Gasteiger partial charge in [0.15, 0.2) is 22.5 Å². The second-order valence-electron chi connectivity index (χ2n) is 4.98. The fraction of sp³-hybridized carbons (Fsp3) is 0.312. The topological polar surface area (TPSA) is 60.9 Å². The summed E-state index contributed by atoms with van der Waals surface area (Å²) in [6.07, 6.45) is 3.73. The maximum Gasteiger partial charge on any atom is 0.200 e. The van der Waals surface area contributed by atoms with Crippen LogP contribution in [0.2, 0.25) is 0 Å². The maximum atomic E-state index is 12.2. The molecule has 3 aromatic rings. The minimum Gasteiger partial charge on any atom is -0.461 e. The van der Waals surface area contributed by atoms with Gasteiger partial charge in [-0.25, -0.2) is 0 Å². The Labute approximate surface area is 142 Å². The van der Waals surface area contributed by atoms with Crippen molar-refractivity contribution in [1.29, 1.82) is 0 Å². The van der Waals surface area contributed by atoms with Gasteiger partial charge >= 0.3 is 0 Å². The van der Waals surface area contributed by atoms with Crippen molar-refractivity contribution in [2.24, 2.45) is 0 Å². The maximum absolute atomic E-state index is 12.2. The van der Waals surface area contributed by atoms with Crippen molar-refractivity contribution < 1.29 is 9.21 Å². The van der Waals surface area contributed by atoms with Crippen LogP contribution < -0.4 is 0 Å². The zero-order valence-electron chi connectivity index (χ0n) is 12.8. The SMILES string of the molecule is CCCCn1c(SCC(=O)c2cccs2)nnc1-c1ccco1. The van der Waals surface area contributed by atoms with E-state index in [4.69, 9.17) is 4.42 Å². The lowest BCUT2D eigenvalue weighted by Crippen LogP contribution is -2.05. The summed E-state index contributed by atoms with van der Waals surface area (Å²) < 4.78 is 7.48.